The molecule has 150 valence electrons. The zero-order valence-electron chi connectivity index (χ0n) is 16.9. The van der Waals surface area contributed by atoms with Crippen LogP contribution in [0.1, 0.15) is 22.8 Å². The third-order valence-corrected chi connectivity index (χ3v) is 4.56. The lowest BCUT2D eigenvalue weighted by Gasteiger charge is -2.21. The van der Waals surface area contributed by atoms with Crippen molar-refractivity contribution in [3.05, 3.63) is 78.1 Å². The normalized spacial score (nSPS) is 10.3. The third-order valence-electron chi connectivity index (χ3n) is 4.56. The van der Waals surface area contributed by atoms with Crippen molar-refractivity contribution in [3.8, 4) is 11.5 Å². The molecule has 1 heterocycles. The standard InChI is InChI=1S/C23H25N3O3/c1-4-26(20-8-6-5-7-9-20)23(27)18-13-19(16-24-15-18)25-14-17-10-11-21(28-2)22(12-17)29-3/h5-13,15-16,25H,4,14H2,1-3H3. The van der Waals surface area contributed by atoms with Crippen LogP contribution in [0.3, 0.4) is 0 Å². The summed E-state index contributed by atoms with van der Waals surface area (Å²) in [6.07, 6.45) is 3.30. The molecule has 0 unspecified atom stereocenters. The van der Waals surface area contributed by atoms with Crippen molar-refractivity contribution in [2.75, 3.05) is 31.0 Å². The molecule has 0 aliphatic rings. The van der Waals surface area contributed by atoms with Crippen LogP contribution in [-0.2, 0) is 6.54 Å². The fraction of sp³-hybridized carbons (Fsp3) is 0.217. The fourth-order valence-corrected chi connectivity index (χ4v) is 3.06. The molecule has 0 spiro atoms. The zero-order chi connectivity index (χ0) is 20.6. The number of hydrogen-bond donors (Lipinski definition) is 1. The number of benzene rings is 2. The van der Waals surface area contributed by atoms with Gasteiger partial charge in [-0.05, 0) is 42.8 Å². The van der Waals surface area contributed by atoms with Gasteiger partial charge in [-0.15, -0.1) is 0 Å². The number of amides is 1. The number of ether oxygens (including phenoxy) is 2. The number of aromatic nitrogens is 1. The van der Waals surface area contributed by atoms with E-state index in [2.05, 4.69) is 10.3 Å². The first-order valence-electron chi connectivity index (χ1n) is 9.43. The highest BCUT2D eigenvalue weighted by atomic mass is 16.5. The van der Waals surface area contributed by atoms with Crippen molar-refractivity contribution < 1.29 is 14.3 Å². The van der Waals surface area contributed by atoms with E-state index in [1.165, 1.54) is 0 Å². The molecule has 0 aliphatic heterocycles. The molecule has 3 aromatic rings. The molecule has 0 saturated carbocycles. The van der Waals surface area contributed by atoms with Crippen LogP contribution in [0.5, 0.6) is 11.5 Å². The van der Waals surface area contributed by atoms with E-state index in [0.29, 0.717) is 30.2 Å². The third kappa shape index (κ3) is 4.85. The van der Waals surface area contributed by atoms with Gasteiger partial charge in [-0.3, -0.25) is 9.78 Å². The van der Waals surface area contributed by atoms with Crippen LogP contribution in [-0.4, -0.2) is 31.7 Å². The van der Waals surface area contributed by atoms with Crippen molar-refractivity contribution in [2.24, 2.45) is 0 Å². The second-order valence-electron chi connectivity index (χ2n) is 6.39. The van der Waals surface area contributed by atoms with Gasteiger partial charge in [0.25, 0.3) is 5.91 Å². The van der Waals surface area contributed by atoms with E-state index >= 15 is 0 Å². The maximum Gasteiger partial charge on any atom is 0.259 e. The first-order valence-corrected chi connectivity index (χ1v) is 9.43. The number of rotatable bonds is 8. The van der Waals surface area contributed by atoms with Gasteiger partial charge < -0.3 is 19.7 Å². The minimum absolute atomic E-state index is 0.0824. The van der Waals surface area contributed by atoms with Crippen molar-refractivity contribution >= 4 is 17.3 Å². The maximum absolute atomic E-state index is 13.0. The number of methoxy groups -OCH3 is 2. The van der Waals surface area contributed by atoms with Gasteiger partial charge in [0.2, 0.25) is 0 Å². The number of carbonyl (C=O) groups is 1. The van der Waals surface area contributed by atoms with Crippen LogP contribution >= 0.6 is 0 Å². The van der Waals surface area contributed by atoms with Crippen molar-refractivity contribution in [1.82, 2.24) is 4.98 Å². The average molecular weight is 391 g/mol. The summed E-state index contributed by atoms with van der Waals surface area (Å²) in [6, 6.07) is 17.2. The maximum atomic E-state index is 13.0. The quantitative estimate of drug-likeness (QED) is 0.617. The molecular formula is C23H25N3O3. The Morgan fingerprint density at radius 2 is 1.76 bits per heavy atom. The Kier molecular flexibility index (Phi) is 6.68. The highest BCUT2D eigenvalue weighted by Crippen LogP contribution is 2.28. The van der Waals surface area contributed by atoms with Gasteiger partial charge in [-0.1, -0.05) is 24.3 Å². The van der Waals surface area contributed by atoms with Crippen molar-refractivity contribution in [1.29, 1.82) is 0 Å². The molecule has 1 aromatic heterocycles. The number of anilines is 2. The molecule has 29 heavy (non-hydrogen) atoms. The lowest BCUT2D eigenvalue weighted by molar-refractivity contribution is 0.0988. The Hall–Kier alpha value is -3.54. The SMILES string of the molecule is CCN(C(=O)c1cncc(NCc2ccc(OC)c(OC)c2)c1)c1ccccc1. The summed E-state index contributed by atoms with van der Waals surface area (Å²) in [6.45, 7) is 3.10. The fourth-order valence-electron chi connectivity index (χ4n) is 3.06. The van der Waals surface area contributed by atoms with Gasteiger partial charge in [0.1, 0.15) is 0 Å². The Morgan fingerprint density at radius 1 is 1.00 bits per heavy atom. The molecule has 0 atom stereocenters. The highest BCUT2D eigenvalue weighted by Gasteiger charge is 2.16. The monoisotopic (exact) mass is 391 g/mol. The summed E-state index contributed by atoms with van der Waals surface area (Å²) < 4.78 is 10.6. The average Bonchev–Trinajstić information content (AvgIpc) is 2.78. The van der Waals surface area contributed by atoms with Crippen LogP contribution in [0.15, 0.2) is 67.0 Å². The number of hydrogen-bond acceptors (Lipinski definition) is 5. The zero-order valence-corrected chi connectivity index (χ0v) is 16.9. The largest absolute Gasteiger partial charge is 0.493 e. The molecule has 6 nitrogen and oxygen atoms in total. The van der Waals surface area contributed by atoms with Gasteiger partial charge in [0, 0.05) is 31.2 Å². The second kappa shape index (κ2) is 9.59. The van der Waals surface area contributed by atoms with E-state index in [-0.39, 0.29) is 5.91 Å². The Labute approximate surface area is 171 Å². The van der Waals surface area contributed by atoms with Crippen LogP contribution < -0.4 is 19.7 Å². The smallest absolute Gasteiger partial charge is 0.259 e. The Bertz CT molecular complexity index is 961. The summed E-state index contributed by atoms with van der Waals surface area (Å²) in [5.74, 6) is 1.28. The predicted molar refractivity (Wildman–Crippen MR) is 115 cm³/mol. The van der Waals surface area contributed by atoms with Crippen molar-refractivity contribution in [3.63, 3.8) is 0 Å². The molecule has 0 radical (unpaired) electrons. The lowest BCUT2D eigenvalue weighted by atomic mass is 10.2. The molecule has 0 bridgehead atoms. The van der Waals surface area contributed by atoms with Gasteiger partial charge in [-0.25, -0.2) is 0 Å². The molecule has 0 fully saturated rings. The van der Waals surface area contributed by atoms with E-state index in [1.807, 2.05) is 61.5 Å². The van der Waals surface area contributed by atoms with Gasteiger partial charge in [0.15, 0.2) is 11.5 Å². The van der Waals surface area contributed by atoms with Crippen LogP contribution in [0.4, 0.5) is 11.4 Å². The van der Waals surface area contributed by atoms with Gasteiger partial charge >= 0.3 is 0 Å². The molecule has 3 rings (SSSR count). The summed E-state index contributed by atoms with van der Waals surface area (Å²) in [5.41, 5.74) is 3.20. The summed E-state index contributed by atoms with van der Waals surface area (Å²) in [5, 5.41) is 3.31. The number of nitrogens with zero attached hydrogens (tertiary/aromatic N) is 2. The Morgan fingerprint density at radius 3 is 2.45 bits per heavy atom. The van der Waals surface area contributed by atoms with E-state index < -0.39 is 0 Å². The molecule has 0 saturated heterocycles. The first-order chi connectivity index (χ1) is 14.2. The minimum atomic E-state index is -0.0824. The topological polar surface area (TPSA) is 63.7 Å². The van der Waals surface area contributed by atoms with E-state index in [0.717, 1.165) is 16.9 Å². The highest BCUT2D eigenvalue weighted by molar-refractivity contribution is 6.06. The molecule has 1 amide bonds. The van der Waals surface area contributed by atoms with Crippen LogP contribution in [0, 0.1) is 0 Å². The molecular weight excluding hydrogens is 366 g/mol. The van der Waals surface area contributed by atoms with Crippen LogP contribution in [0.2, 0.25) is 0 Å². The molecule has 0 aliphatic carbocycles. The second-order valence-corrected chi connectivity index (χ2v) is 6.39. The molecule has 1 N–H and O–H groups in total. The minimum Gasteiger partial charge on any atom is -0.493 e. The van der Waals surface area contributed by atoms with Gasteiger partial charge in [-0.2, -0.15) is 0 Å². The summed E-state index contributed by atoms with van der Waals surface area (Å²) in [7, 11) is 3.22. The number of para-hydroxylation sites is 1. The molecule has 6 heteroatoms. The van der Waals surface area contributed by atoms with E-state index in [1.54, 1.807) is 31.5 Å². The molecule has 2 aromatic carbocycles. The van der Waals surface area contributed by atoms with Crippen molar-refractivity contribution in [2.45, 2.75) is 13.5 Å². The summed E-state index contributed by atoms with van der Waals surface area (Å²) in [4.78, 5) is 19.0. The van der Waals surface area contributed by atoms with Gasteiger partial charge in [0.05, 0.1) is 25.5 Å². The Balaban J connectivity index is 1.73. The van der Waals surface area contributed by atoms with E-state index in [9.17, 15) is 4.79 Å². The number of pyridine rings is 1. The first kappa shape index (κ1) is 20.2. The van der Waals surface area contributed by atoms with Crippen LogP contribution in [0.25, 0.3) is 0 Å². The predicted octanol–water partition coefficient (Wildman–Crippen LogP) is 4.38. The lowest BCUT2D eigenvalue weighted by Crippen LogP contribution is -2.30. The number of carbonyl (C=O) groups excluding carboxylic acids is 1. The van der Waals surface area contributed by atoms with E-state index in [4.69, 9.17) is 9.47 Å². The number of nitrogens with one attached hydrogen (secondary N) is 1. The summed E-state index contributed by atoms with van der Waals surface area (Å²) >= 11 is 0.